The van der Waals surface area contributed by atoms with E-state index < -0.39 is 82.9 Å². The first-order chi connectivity index (χ1) is 20.3. The SMILES string of the molecule is COC(=O)C1=CC2C3C(=O)N(c4ccccc4)C(=O)C3C1C1C(C(=O)OC)=CC3C(=O)N(c4ccccc4)C(=O)C3C21. The molecule has 212 valence electrons. The molecule has 10 nitrogen and oxygen atoms in total. The molecule has 3 fully saturated rings. The van der Waals surface area contributed by atoms with E-state index in [2.05, 4.69) is 0 Å². The van der Waals surface area contributed by atoms with Crippen molar-refractivity contribution in [1.29, 1.82) is 0 Å². The van der Waals surface area contributed by atoms with Gasteiger partial charge in [-0.25, -0.2) is 14.5 Å². The third kappa shape index (κ3) is 3.32. The molecule has 2 heterocycles. The summed E-state index contributed by atoms with van der Waals surface area (Å²) < 4.78 is 10.2. The van der Waals surface area contributed by atoms with Crippen LogP contribution in [0.1, 0.15) is 0 Å². The zero-order valence-corrected chi connectivity index (χ0v) is 22.7. The van der Waals surface area contributed by atoms with Crippen LogP contribution >= 0.6 is 0 Å². The Labute approximate surface area is 240 Å². The number of carbonyl (C=O) groups is 6. The number of allylic oxidation sites excluding steroid dienone is 1. The summed E-state index contributed by atoms with van der Waals surface area (Å²) in [6.07, 6.45) is 3.11. The number of fused-ring (bicyclic) bond motifs is 1. The van der Waals surface area contributed by atoms with Crippen LogP contribution in [0, 0.1) is 47.3 Å². The number of nitrogens with zero attached hydrogens (tertiary/aromatic N) is 2. The van der Waals surface area contributed by atoms with E-state index in [1.165, 1.54) is 20.3 Å². The minimum Gasteiger partial charge on any atom is -0.466 e. The van der Waals surface area contributed by atoms with E-state index in [1.807, 2.05) is 0 Å². The van der Waals surface area contributed by atoms with Crippen molar-refractivity contribution in [2.75, 3.05) is 24.0 Å². The summed E-state index contributed by atoms with van der Waals surface area (Å²) in [5.41, 5.74) is 1.11. The number of hydrogen-bond acceptors (Lipinski definition) is 8. The van der Waals surface area contributed by atoms with Crippen LogP contribution in [0.15, 0.2) is 84.0 Å². The van der Waals surface area contributed by atoms with Gasteiger partial charge in [0.05, 0.1) is 49.3 Å². The smallest absolute Gasteiger partial charge is 0.333 e. The molecule has 0 spiro atoms. The Bertz CT molecular complexity index is 1630. The first-order valence-electron chi connectivity index (χ1n) is 13.8. The maximum absolute atomic E-state index is 14.1. The molecule has 2 aromatic carbocycles. The molecule has 0 N–H and O–H groups in total. The van der Waals surface area contributed by atoms with Crippen LogP contribution in [0.4, 0.5) is 11.4 Å². The highest BCUT2D eigenvalue weighted by molar-refractivity contribution is 6.25. The molecule has 1 saturated carbocycles. The van der Waals surface area contributed by atoms with Gasteiger partial charge in [-0.05, 0) is 36.1 Å². The number of benzene rings is 2. The maximum Gasteiger partial charge on any atom is 0.333 e. The number of methoxy groups -OCH3 is 2. The third-order valence-corrected chi connectivity index (χ3v) is 9.58. The summed E-state index contributed by atoms with van der Waals surface area (Å²) in [5, 5.41) is 0. The van der Waals surface area contributed by atoms with Gasteiger partial charge in [0.2, 0.25) is 23.6 Å². The van der Waals surface area contributed by atoms with Crippen molar-refractivity contribution in [2.45, 2.75) is 0 Å². The predicted octanol–water partition coefficient (Wildman–Crippen LogP) is 2.30. The number of esters is 2. The molecule has 4 amide bonds. The Morgan fingerprint density at radius 3 is 1.60 bits per heavy atom. The van der Waals surface area contributed by atoms with Crippen LogP contribution < -0.4 is 9.80 Å². The number of ether oxygens (including phenoxy) is 2. The van der Waals surface area contributed by atoms with Gasteiger partial charge < -0.3 is 9.47 Å². The summed E-state index contributed by atoms with van der Waals surface area (Å²) in [6, 6.07) is 17.0. The highest BCUT2D eigenvalue weighted by Gasteiger charge is 2.71. The summed E-state index contributed by atoms with van der Waals surface area (Å²) in [7, 11) is 2.44. The van der Waals surface area contributed by atoms with E-state index in [-0.39, 0.29) is 11.1 Å². The van der Waals surface area contributed by atoms with Crippen molar-refractivity contribution >= 4 is 46.9 Å². The lowest BCUT2D eigenvalue weighted by Gasteiger charge is -2.55. The van der Waals surface area contributed by atoms with Gasteiger partial charge in [0.25, 0.3) is 0 Å². The van der Waals surface area contributed by atoms with Gasteiger partial charge in [-0.1, -0.05) is 48.6 Å². The van der Waals surface area contributed by atoms with Gasteiger partial charge in [-0.2, -0.15) is 0 Å². The van der Waals surface area contributed by atoms with Crippen LogP contribution in [0.2, 0.25) is 0 Å². The zero-order valence-electron chi connectivity index (χ0n) is 22.7. The number of anilines is 2. The number of para-hydroxylation sites is 2. The second-order valence-corrected chi connectivity index (χ2v) is 11.2. The topological polar surface area (TPSA) is 127 Å². The van der Waals surface area contributed by atoms with E-state index in [0.29, 0.717) is 11.4 Å². The Morgan fingerprint density at radius 2 is 1.05 bits per heavy atom. The van der Waals surface area contributed by atoms with Crippen LogP contribution in [0.5, 0.6) is 0 Å². The van der Waals surface area contributed by atoms with Gasteiger partial charge in [-0.3, -0.25) is 24.1 Å². The molecule has 0 radical (unpaired) electrons. The fourth-order valence-electron chi connectivity index (χ4n) is 8.12. The van der Waals surface area contributed by atoms with E-state index in [4.69, 9.17) is 9.47 Å². The second kappa shape index (κ2) is 9.34. The molecule has 10 heteroatoms. The summed E-state index contributed by atoms with van der Waals surface area (Å²) in [6.45, 7) is 0. The minimum atomic E-state index is -0.974. The van der Waals surface area contributed by atoms with E-state index in [0.717, 1.165) is 9.80 Å². The number of amides is 4. The lowest BCUT2D eigenvalue weighted by atomic mass is 9.45. The van der Waals surface area contributed by atoms with Gasteiger partial charge in [0, 0.05) is 23.0 Å². The lowest BCUT2D eigenvalue weighted by molar-refractivity contribution is -0.148. The van der Waals surface area contributed by atoms with Crippen molar-refractivity contribution < 1.29 is 38.2 Å². The Balaban J connectivity index is 1.42. The molecule has 2 aromatic rings. The first-order valence-corrected chi connectivity index (χ1v) is 13.8. The average molecular weight is 567 g/mol. The monoisotopic (exact) mass is 566 g/mol. The molecule has 8 atom stereocenters. The average Bonchev–Trinajstić information content (AvgIpc) is 3.45. The molecule has 0 aromatic heterocycles. The highest BCUT2D eigenvalue weighted by atomic mass is 16.5. The van der Waals surface area contributed by atoms with Crippen molar-refractivity contribution in [3.63, 3.8) is 0 Å². The summed E-state index contributed by atoms with van der Waals surface area (Å²) in [4.78, 5) is 84.7. The molecule has 2 bridgehead atoms. The number of rotatable bonds is 4. The van der Waals surface area contributed by atoms with Crippen molar-refractivity contribution in [2.24, 2.45) is 47.3 Å². The highest BCUT2D eigenvalue weighted by Crippen LogP contribution is 2.64. The summed E-state index contributed by atoms with van der Waals surface area (Å²) in [5.74, 6) is -10.3. The molecule has 8 unspecified atom stereocenters. The predicted molar refractivity (Wildman–Crippen MR) is 146 cm³/mol. The Morgan fingerprint density at radius 1 is 0.571 bits per heavy atom. The van der Waals surface area contributed by atoms with Crippen LogP contribution in [-0.2, 0) is 38.2 Å². The second-order valence-electron chi connectivity index (χ2n) is 11.2. The number of hydrogen-bond donors (Lipinski definition) is 0. The molecule has 6 aliphatic rings. The molecule has 8 rings (SSSR count). The Hall–Kier alpha value is -4.86. The van der Waals surface area contributed by atoms with Crippen molar-refractivity contribution in [1.82, 2.24) is 0 Å². The van der Waals surface area contributed by atoms with Gasteiger partial charge >= 0.3 is 11.9 Å². The van der Waals surface area contributed by atoms with Crippen LogP contribution in [0.25, 0.3) is 0 Å². The normalized spacial score (nSPS) is 32.6. The number of imide groups is 2. The van der Waals surface area contributed by atoms with Crippen molar-refractivity contribution in [3.05, 3.63) is 84.0 Å². The van der Waals surface area contributed by atoms with Gasteiger partial charge in [-0.15, -0.1) is 0 Å². The molecule has 2 aliphatic heterocycles. The summed E-state index contributed by atoms with van der Waals surface area (Å²) >= 11 is 0. The standard InChI is InChI=1S/C32H26N2O8/c1-41-31(39)19-13-17-21-22(23(19)26-24(17)28(36)34(30(26)38)16-11-7-4-8-12-16)20(32(40)42-2)14-18-25(21)29(37)33(27(18)35)15-9-5-3-6-10-15/h3-14,17-18,21-26H,1-2H3. The minimum absolute atomic E-state index is 0.126. The molecule has 42 heavy (non-hydrogen) atoms. The van der Waals surface area contributed by atoms with Gasteiger partial charge in [0.1, 0.15) is 0 Å². The number of carbonyl (C=O) groups excluding carboxylic acids is 6. The molecular weight excluding hydrogens is 540 g/mol. The quantitative estimate of drug-likeness (QED) is 0.408. The van der Waals surface area contributed by atoms with Crippen LogP contribution in [0.3, 0.4) is 0 Å². The largest absolute Gasteiger partial charge is 0.466 e. The maximum atomic E-state index is 14.1. The fourth-order valence-corrected chi connectivity index (χ4v) is 8.12. The molecular formula is C32H26N2O8. The fraction of sp³-hybridized carbons (Fsp3) is 0.312. The van der Waals surface area contributed by atoms with E-state index in [9.17, 15) is 28.8 Å². The first kappa shape index (κ1) is 26.1. The zero-order chi connectivity index (χ0) is 29.4. The van der Waals surface area contributed by atoms with Gasteiger partial charge in [0.15, 0.2) is 0 Å². The molecule has 2 saturated heterocycles. The Kier molecular flexibility index (Phi) is 5.79. The third-order valence-electron chi connectivity index (χ3n) is 9.58. The lowest BCUT2D eigenvalue weighted by Crippen LogP contribution is -2.58. The van der Waals surface area contributed by atoms with E-state index in [1.54, 1.807) is 66.7 Å². The van der Waals surface area contributed by atoms with E-state index >= 15 is 0 Å². The molecule has 4 aliphatic carbocycles. The van der Waals surface area contributed by atoms with Crippen LogP contribution in [-0.4, -0.2) is 49.8 Å². The van der Waals surface area contributed by atoms with Crippen molar-refractivity contribution in [3.8, 4) is 0 Å².